The van der Waals surface area contributed by atoms with Crippen molar-refractivity contribution < 1.29 is 4.74 Å². The predicted octanol–water partition coefficient (Wildman–Crippen LogP) is 4.82. The second kappa shape index (κ2) is 5.73. The number of methoxy groups -OCH3 is 1. The monoisotopic (exact) mass is 346 g/mol. The Morgan fingerprint density at radius 1 is 1.25 bits per heavy atom. The van der Waals surface area contributed by atoms with Crippen LogP contribution in [0.5, 0.6) is 5.75 Å². The van der Waals surface area contributed by atoms with Gasteiger partial charge in [-0.2, -0.15) is 0 Å². The zero-order chi connectivity index (χ0) is 13.9. The molecule has 3 nitrogen and oxygen atoms in total. The average Bonchev–Trinajstić information content (AvgIpc) is 2.87. The molecular weight excluding hydrogens is 336 g/mol. The van der Waals surface area contributed by atoms with Gasteiger partial charge >= 0.3 is 0 Å². The van der Waals surface area contributed by atoms with Crippen molar-refractivity contribution in [3.05, 3.63) is 52.5 Å². The SMILES string of the molecule is COc1ccccc1/C=N/c1nc2ccc(Br)cc2s1. The van der Waals surface area contributed by atoms with E-state index < -0.39 is 0 Å². The molecule has 100 valence electrons. The van der Waals surface area contributed by atoms with Crippen LogP contribution in [0.25, 0.3) is 10.2 Å². The third-order valence-electron chi connectivity index (χ3n) is 2.79. The largest absolute Gasteiger partial charge is 0.496 e. The summed E-state index contributed by atoms with van der Waals surface area (Å²) in [5, 5.41) is 0.740. The molecule has 1 heterocycles. The van der Waals surface area contributed by atoms with E-state index in [4.69, 9.17) is 4.74 Å². The van der Waals surface area contributed by atoms with Gasteiger partial charge in [-0.3, -0.25) is 0 Å². The second-order valence-corrected chi connectivity index (χ2v) is 6.03. The summed E-state index contributed by atoms with van der Waals surface area (Å²) in [6, 6.07) is 13.8. The maximum atomic E-state index is 5.29. The Bertz CT molecular complexity index is 782. The van der Waals surface area contributed by atoms with Crippen LogP contribution in [0.3, 0.4) is 0 Å². The fraction of sp³-hybridized carbons (Fsp3) is 0.0667. The van der Waals surface area contributed by atoms with Crippen molar-refractivity contribution in [2.45, 2.75) is 0 Å². The molecule has 5 heteroatoms. The van der Waals surface area contributed by atoms with Crippen LogP contribution in [0, 0.1) is 0 Å². The van der Waals surface area contributed by atoms with E-state index in [-0.39, 0.29) is 0 Å². The standard InChI is InChI=1S/C15H11BrN2OS/c1-19-13-5-3-2-4-10(13)9-17-15-18-12-7-6-11(16)8-14(12)20-15/h2-9H,1H3/b17-9+. The van der Waals surface area contributed by atoms with Crippen molar-refractivity contribution in [3.8, 4) is 5.75 Å². The van der Waals surface area contributed by atoms with E-state index in [2.05, 4.69) is 32.0 Å². The number of para-hydroxylation sites is 1. The Morgan fingerprint density at radius 2 is 2.10 bits per heavy atom. The number of nitrogens with zero attached hydrogens (tertiary/aromatic N) is 2. The average molecular weight is 347 g/mol. The normalized spacial score (nSPS) is 11.3. The molecule has 0 unspecified atom stereocenters. The number of fused-ring (bicyclic) bond motifs is 1. The summed E-state index contributed by atoms with van der Waals surface area (Å²) in [5.74, 6) is 0.806. The highest BCUT2D eigenvalue weighted by atomic mass is 79.9. The number of benzene rings is 2. The molecule has 20 heavy (non-hydrogen) atoms. The Hall–Kier alpha value is -1.72. The molecule has 0 saturated carbocycles. The summed E-state index contributed by atoms with van der Waals surface area (Å²) in [5.41, 5.74) is 1.90. The molecular formula is C15H11BrN2OS. The molecule has 0 aliphatic rings. The first-order valence-corrected chi connectivity index (χ1v) is 7.60. The molecule has 0 spiro atoms. The van der Waals surface area contributed by atoms with Gasteiger partial charge in [-0.1, -0.05) is 39.4 Å². The number of aromatic nitrogens is 1. The van der Waals surface area contributed by atoms with Gasteiger partial charge in [-0.05, 0) is 30.3 Å². The van der Waals surface area contributed by atoms with E-state index in [9.17, 15) is 0 Å². The molecule has 0 N–H and O–H groups in total. The van der Waals surface area contributed by atoms with E-state index in [0.717, 1.165) is 31.1 Å². The highest BCUT2D eigenvalue weighted by molar-refractivity contribution is 9.10. The van der Waals surface area contributed by atoms with Gasteiger partial charge in [0.1, 0.15) is 5.75 Å². The maximum Gasteiger partial charge on any atom is 0.210 e. The number of hydrogen-bond donors (Lipinski definition) is 0. The van der Waals surface area contributed by atoms with E-state index in [1.165, 1.54) is 0 Å². The number of aliphatic imine (C=N–C) groups is 1. The van der Waals surface area contributed by atoms with Gasteiger partial charge in [0.15, 0.2) is 0 Å². The summed E-state index contributed by atoms with van der Waals surface area (Å²) in [7, 11) is 1.65. The lowest BCUT2D eigenvalue weighted by Gasteiger charge is -2.01. The number of hydrogen-bond acceptors (Lipinski definition) is 4. The third-order valence-corrected chi connectivity index (χ3v) is 4.21. The minimum atomic E-state index is 0.740. The Balaban J connectivity index is 1.94. The van der Waals surface area contributed by atoms with E-state index in [1.54, 1.807) is 24.7 Å². The molecule has 0 aliphatic carbocycles. The summed E-state index contributed by atoms with van der Waals surface area (Å²) in [6.45, 7) is 0. The third kappa shape index (κ3) is 2.73. The van der Waals surface area contributed by atoms with Gasteiger partial charge in [0, 0.05) is 16.3 Å². The van der Waals surface area contributed by atoms with Gasteiger partial charge in [-0.15, -0.1) is 0 Å². The predicted molar refractivity (Wildman–Crippen MR) is 87.6 cm³/mol. The second-order valence-electron chi connectivity index (χ2n) is 4.11. The summed E-state index contributed by atoms with van der Waals surface area (Å²) >= 11 is 5.02. The van der Waals surface area contributed by atoms with Crippen molar-refractivity contribution in [3.63, 3.8) is 0 Å². The van der Waals surface area contributed by atoms with Gasteiger partial charge in [0.2, 0.25) is 5.13 Å². The van der Waals surface area contributed by atoms with E-state index >= 15 is 0 Å². The lowest BCUT2D eigenvalue weighted by Crippen LogP contribution is -1.89. The van der Waals surface area contributed by atoms with Crippen LogP contribution in [0.15, 0.2) is 51.9 Å². The van der Waals surface area contributed by atoms with Crippen molar-refractivity contribution >= 4 is 48.8 Å². The maximum absolute atomic E-state index is 5.29. The molecule has 0 saturated heterocycles. The van der Waals surface area contributed by atoms with Crippen LogP contribution in [0.1, 0.15) is 5.56 Å². The van der Waals surface area contributed by atoms with Crippen LogP contribution in [-0.4, -0.2) is 18.3 Å². The molecule has 2 aromatic carbocycles. The van der Waals surface area contributed by atoms with Gasteiger partial charge < -0.3 is 4.74 Å². The van der Waals surface area contributed by atoms with Crippen LogP contribution in [0.2, 0.25) is 0 Å². The first-order valence-electron chi connectivity index (χ1n) is 5.99. The minimum absolute atomic E-state index is 0.740. The topological polar surface area (TPSA) is 34.5 Å². The fourth-order valence-corrected chi connectivity index (χ4v) is 3.20. The first kappa shape index (κ1) is 13.3. The quantitative estimate of drug-likeness (QED) is 0.637. The van der Waals surface area contributed by atoms with Crippen LogP contribution in [0.4, 0.5) is 5.13 Å². The van der Waals surface area contributed by atoms with Crippen LogP contribution >= 0.6 is 27.3 Å². The zero-order valence-corrected chi connectivity index (χ0v) is 13.1. The van der Waals surface area contributed by atoms with E-state index in [1.807, 2.05) is 36.4 Å². The number of halogens is 1. The lowest BCUT2D eigenvalue weighted by atomic mass is 10.2. The minimum Gasteiger partial charge on any atom is -0.496 e. The van der Waals surface area contributed by atoms with Crippen LogP contribution < -0.4 is 4.74 Å². The smallest absolute Gasteiger partial charge is 0.210 e. The summed E-state index contributed by atoms with van der Waals surface area (Å²) < 4.78 is 7.46. The molecule has 0 fully saturated rings. The van der Waals surface area contributed by atoms with Crippen molar-refractivity contribution in [2.75, 3.05) is 7.11 Å². The summed E-state index contributed by atoms with van der Waals surface area (Å²) in [4.78, 5) is 8.92. The molecule has 0 amide bonds. The zero-order valence-electron chi connectivity index (χ0n) is 10.7. The van der Waals surface area contributed by atoms with Gasteiger partial charge in [0.05, 0.1) is 17.3 Å². The molecule has 0 radical (unpaired) electrons. The first-order chi connectivity index (χ1) is 9.76. The summed E-state index contributed by atoms with van der Waals surface area (Å²) in [6.07, 6.45) is 1.78. The fourth-order valence-electron chi connectivity index (χ4n) is 1.84. The van der Waals surface area contributed by atoms with Crippen molar-refractivity contribution in [1.82, 2.24) is 4.98 Å². The number of thiazole rings is 1. The number of rotatable bonds is 3. The Kier molecular flexibility index (Phi) is 3.80. The molecule has 3 rings (SSSR count). The lowest BCUT2D eigenvalue weighted by molar-refractivity contribution is 0.414. The molecule has 1 aromatic heterocycles. The molecule has 0 bridgehead atoms. The molecule has 0 aliphatic heterocycles. The van der Waals surface area contributed by atoms with Gasteiger partial charge in [-0.25, -0.2) is 9.98 Å². The highest BCUT2D eigenvalue weighted by Crippen LogP contribution is 2.30. The van der Waals surface area contributed by atoms with Gasteiger partial charge in [0.25, 0.3) is 0 Å². The van der Waals surface area contributed by atoms with Crippen molar-refractivity contribution in [1.29, 1.82) is 0 Å². The Labute approximate surface area is 129 Å². The molecule has 3 aromatic rings. The van der Waals surface area contributed by atoms with Crippen molar-refractivity contribution in [2.24, 2.45) is 4.99 Å². The van der Waals surface area contributed by atoms with Crippen LogP contribution in [-0.2, 0) is 0 Å². The highest BCUT2D eigenvalue weighted by Gasteiger charge is 2.03. The molecule has 0 atom stereocenters. The van der Waals surface area contributed by atoms with E-state index in [0.29, 0.717) is 0 Å². The Morgan fingerprint density at radius 3 is 2.95 bits per heavy atom. The number of ether oxygens (including phenoxy) is 1.